The Labute approximate surface area is 95.4 Å². The van der Waals surface area contributed by atoms with E-state index in [2.05, 4.69) is 45.1 Å². The Bertz CT molecular complexity index is 183. The maximum atomic E-state index is 3.75. The van der Waals surface area contributed by atoms with Crippen LogP contribution in [-0.4, -0.2) is 37.1 Å². The lowest BCUT2D eigenvalue weighted by Gasteiger charge is -2.47. The smallest absolute Gasteiger partial charge is 0.0302 e. The van der Waals surface area contributed by atoms with Crippen molar-refractivity contribution in [3.63, 3.8) is 0 Å². The third kappa shape index (κ3) is 2.94. The Balaban J connectivity index is 2.61. The molecule has 1 aliphatic rings. The summed E-state index contributed by atoms with van der Waals surface area (Å²) in [7, 11) is 4.39. The zero-order valence-electron chi connectivity index (χ0n) is 11.1. The van der Waals surface area contributed by atoms with E-state index in [9.17, 15) is 0 Å². The lowest BCUT2D eigenvalue weighted by atomic mass is 9.72. The van der Waals surface area contributed by atoms with Crippen molar-refractivity contribution < 1.29 is 0 Å². The van der Waals surface area contributed by atoms with Gasteiger partial charge in [-0.2, -0.15) is 0 Å². The highest BCUT2D eigenvalue weighted by atomic mass is 15.2. The first-order chi connectivity index (χ1) is 7.00. The van der Waals surface area contributed by atoms with E-state index in [0.29, 0.717) is 6.04 Å². The van der Waals surface area contributed by atoms with Gasteiger partial charge in [0.2, 0.25) is 0 Å². The highest BCUT2D eigenvalue weighted by molar-refractivity contribution is 4.97. The van der Waals surface area contributed by atoms with Gasteiger partial charge in [-0.15, -0.1) is 0 Å². The van der Waals surface area contributed by atoms with E-state index < -0.39 is 0 Å². The fourth-order valence-electron chi connectivity index (χ4n) is 2.34. The molecule has 0 aromatic heterocycles. The second kappa shape index (κ2) is 5.31. The van der Waals surface area contributed by atoms with Gasteiger partial charge in [-0.1, -0.05) is 13.3 Å². The highest BCUT2D eigenvalue weighted by Gasteiger charge is 2.39. The third-order valence-corrected chi connectivity index (χ3v) is 4.15. The predicted octanol–water partition coefficient (Wildman–Crippen LogP) is 2.49. The minimum Gasteiger partial charge on any atom is -0.312 e. The van der Waals surface area contributed by atoms with Crippen molar-refractivity contribution in [2.24, 2.45) is 5.92 Å². The molecule has 2 nitrogen and oxygen atoms in total. The fraction of sp³-hybridized carbons (Fsp3) is 1.00. The Morgan fingerprint density at radius 1 is 1.33 bits per heavy atom. The SMILES string of the molecule is CCCNC(C1CCC1)C(C)(C)N(C)C. The third-order valence-electron chi connectivity index (χ3n) is 4.15. The van der Waals surface area contributed by atoms with Crippen molar-refractivity contribution in [2.75, 3.05) is 20.6 Å². The Hall–Kier alpha value is -0.0800. The summed E-state index contributed by atoms with van der Waals surface area (Å²) in [4.78, 5) is 2.36. The molecule has 0 saturated heterocycles. The van der Waals surface area contributed by atoms with E-state index in [0.717, 1.165) is 12.5 Å². The van der Waals surface area contributed by atoms with E-state index in [1.807, 2.05) is 0 Å². The zero-order chi connectivity index (χ0) is 11.5. The molecule has 1 fully saturated rings. The number of hydrogen-bond donors (Lipinski definition) is 1. The van der Waals surface area contributed by atoms with Gasteiger partial charge in [0.25, 0.3) is 0 Å². The molecule has 1 unspecified atom stereocenters. The van der Waals surface area contributed by atoms with Crippen LogP contribution in [-0.2, 0) is 0 Å². The minimum atomic E-state index is 0.264. The summed E-state index contributed by atoms with van der Waals surface area (Å²) >= 11 is 0. The molecular weight excluding hydrogens is 184 g/mol. The number of likely N-dealkylation sites (N-methyl/N-ethyl adjacent to an activating group) is 1. The molecule has 1 rings (SSSR count). The Morgan fingerprint density at radius 3 is 2.27 bits per heavy atom. The van der Waals surface area contributed by atoms with Gasteiger partial charge in [0, 0.05) is 11.6 Å². The molecule has 0 aliphatic heterocycles. The van der Waals surface area contributed by atoms with Crippen LogP contribution in [0.4, 0.5) is 0 Å². The molecule has 0 spiro atoms. The van der Waals surface area contributed by atoms with Gasteiger partial charge in [-0.05, 0) is 59.7 Å². The molecule has 1 aliphatic carbocycles. The van der Waals surface area contributed by atoms with Crippen LogP contribution in [0.1, 0.15) is 46.5 Å². The van der Waals surface area contributed by atoms with Crippen LogP contribution in [0.15, 0.2) is 0 Å². The van der Waals surface area contributed by atoms with Crippen molar-refractivity contribution >= 4 is 0 Å². The molecule has 1 saturated carbocycles. The monoisotopic (exact) mass is 212 g/mol. The largest absolute Gasteiger partial charge is 0.312 e. The normalized spacial score (nSPS) is 20.4. The number of nitrogens with zero attached hydrogens (tertiary/aromatic N) is 1. The number of nitrogens with one attached hydrogen (secondary N) is 1. The summed E-state index contributed by atoms with van der Waals surface area (Å²) in [5.74, 6) is 0.897. The maximum absolute atomic E-state index is 3.75. The molecular formula is C13H28N2. The molecule has 1 N–H and O–H groups in total. The first-order valence-corrected chi connectivity index (χ1v) is 6.41. The summed E-state index contributed by atoms with van der Waals surface area (Å²) in [6, 6.07) is 0.654. The van der Waals surface area contributed by atoms with Crippen molar-refractivity contribution in [1.82, 2.24) is 10.2 Å². The Kier molecular flexibility index (Phi) is 4.60. The average Bonchev–Trinajstić information content (AvgIpc) is 2.08. The topological polar surface area (TPSA) is 15.3 Å². The van der Waals surface area contributed by atoms with Crippen LogP contribution >= 0.6 is 0 Å². The first-order valence-electron chi connectivity index (χ1n) is 6.41. The van der Waals surface area contributed by atoms with Crippen molar-refractivity contribution in [3.05, 3.63) is 0 Å². The summed E-state index contributed by atoms with van der Waals surface area (Å²) in [5, 5.41) is 3.75. The van der Waals surface area contributed by atoms with Gasteiger partial charge < -0.3 is 10.2 Å². The van der Waals surface area contributed by atoms with Crippen LogP contribution in [0.25, 0.3) is 0 Å². The second-order valence-electron chi connectivity index (χ2n) is 5.67. The average molecular weight is 212 g/mol. The summed E-state index contributed by atoms with van der Waals surface area (Å²) < 4.78 is 0. The van der Waals surface area contributed by atoms with Crippen LogP contribution < -0.4 is 5.32 Å². The predicted molar refractivity (Wildman–Crippen MR) is 67.2 cm³/mol. The molecule has 0 heterocycles. The Morgan fingerprint density at radius 2 is 1.93 bits per heavy atom. The lowest BCUT2D eigenvalue weighted by molar-refractivity contribution is 0.0717. The van der Waals surface area contributed by atoms with E-state index >= 15 is 0 Å². The molecule has 90 valence electrons. The van der Waals surface area contributed by atoms with E-state index in [-0.39, 0.29) is 5.54 Å². The van der Waals surface area contributed by atoms with Crippen LogP contribution in [0.5, 0.6) is 0 Å². The van der Waals surface area contributed by atoms with Crippen LogP contribution in [0.3, 0.4) is 0 Å². The summed E-state index contributed by atoms with van der Waals surface area (Å²) in [6.45, 7) is 8.11. The first kappa shape index (κ1) is 13.0. The fourth-order valence-corrected chi connectivity index (χ4v) is 2.34. The zero-order valence-corrected chi connectivity index (χ0v) is 11.1. The summed E-state index contributed by atoms with van der Waals surface area (Å²) in [5.41, 5.74) is 0.264. The molecule has 0 aromatic carbocycles. The van der Waals surface area contributed by atoms with Crippen LogP contribution in [0.2, 0.25) is 0 Å². The van der Waals surface area contributed by atoms with E-state index in [4.69, 9.17) is 0 Å². The van der Waals surface area contributed by atoms with Crippen molar-refractivity contribution in [3.8, 4) is 0 Å². The molecule has 0 amide bonds. The molecule has 0 aromatic rings. The molecule has 0 radical (unpaired) electrons. The lowest BCUT2D eigenvalue weighted by Crippen LogP contribution is -2.59. The molecule has 2 heteroatoms. The quantitative estimate of drug-likeness (QED) is 0.728. The standard InChI is InChI=1S/C13H28N2/c1-6-10-14-12(11-8-7-9-11)13(2,3)15(4)5/h11-12,14H,6-10H2,1-5H3. The van der Waals surface area contributed by atoms with Gasteiger partial charge in [0.1, 0.15) is 0 Å². The summed E-state index contributed by atoms with van der Waals surface area (Å²) in [6.07, 6.45) is 5.49. The van der Waals surface area contributed by atoms with E-state index in [1.54, 1.807) is 0 Å². The van der Waals surface area contributed by atoms with Crippen LogP contribution in [0, 0.1) is 5.92 Å². The van der Waals surface area contributed by atoms with Crippen molar-refractivity contribution in [2.45, 2.75) is 58.0 Å². The number of hydrogen-bond acceptors (Lipinski definition) is 2. The van der Waals surface area contributed by atoms with Gasteiger partial charge in [0.15, 0.2) is 0 Å². The molecule has 1 atom stereocenters. The second-order valence-corrected chi connectivity index (χ2v) is 5.67. The molecule has 15 heavy (non-hydrogen) atoms. The van der Waals surface area contributed by atoms with Gasteiger partial charge >= 0.3 is 0 Å². The van der Waals surface area contributed by atoms with Gasteiger partial charge in [-0.3, -0.25) is 0 Å². The molecule has 0 bridgehead atoms. The maximum Gasteiger partial charge on any atom is 0.0302 e. The van der Waals surface area contributed by atoms with E-state index in [1.165, 1.54) is 25.7 Å². The highest BCUT2D eigenvalue weighted by Crippen LogP contribution is 2.35. The van der Waals surface area contributed by atoms with Gasteiger partial charge in [0.05, 0.1) is 0 Å². The van der Waals surface area contributed by atoms with Gasteiger partial charge in [-0.25, -0.2) is 0 Å². The van der Waals surface area contributed by atoms with Crippen molar-refractivity contribution in [1.29, 1.82) is 0 Å². The minimum absolute atomic E-state index is 0.264. The number of rotatable bonds is 6.